The van der Waals surface area contributed by atoms with Crippen LogP contribution in [0.15, 0.2) is 42.5 Å². The van der Waals surface area contributed by atoms with Crippen LogP contribution in [0.25, 0.3) is 0 Å². The maximum atomic E-state index is 13.1. The number of hydrogen-bond acceptors (Lipinski definition) is 4. The average Bonchev–Trinajstić information content (AvgIpc) is 2.49. The van der Waals surface area contributed by atoms with Crippen LogP contribution in [0.3, 0.4) is 0 Å². The van der Waals surface area contributed by atoms with Crippen LogP contribution in [-0.2, 0) is 11.4 Å². The molecule has 1 amide bonds. The Morgan fingerprint density at radius 3 is 2.62 bits per heavy atom. The molecule has 0 aromatic heterocycles. The number of nitrogens with two attached hydrogens (primary N) is 1. The molecule has 2 aromatic rings. The monoisotopic (exact) mass is 290 g/mol. The van der Waals surface area contributed by atoms with Crippen molar-refractivity contribution in [3.05, 3.63) is 53.8 Å². The largest absolute Gasteiger partial charge is 0.484 e. The Labute approximate surface area is 121 Å². The number of rotatable bonds is 5. The average molecular weight is 290 g/mol. The van der Waals surface area contributed by atoms with Gasteiger partial charge in [0.2, 0.25) is 0 Å². The molecule has 0 aliphatic heterocycles. The molecule has 6 heteroatoms. The van der Waals surface area contributed by atoms with E-state index in [1.54, 1.807) is 24.3 Å². The van der Waals surface area contributed by atoms with Crippen molar-refractivity contribution in [2.75, 3.05) is 17.7 Å². The van der Waals surface area contributed by atoms with Crippen molar-refractivity contribution in [3.8, 4) is 5.75 Å². The smallest absolute Gasteiger partial charge is 0.262 e. The molecule has 0 heterocycles. The Morgan fingerprint density at radius 2 is 1.95 bits per heavy atom. The van der Waals surface area contributed by atoms with Crippen LogP contribution < -0.4 is 15.8 Å². The lowest BCUT2D eigenvalue weighted by Crippen LogP contribution is -2.20. The van der Waals surface area contributed by atoms with E-state index in [1.165, 1.54) is 12.1 Å². The molecule has 0 saturated heterocycles. The number of nitrogens with one attached hydrogen (secondary N) is 1. The molecular formula is C15H15FN2O3. The van der Waals surface area contributed by atoms with Gasteiger partial charge in [0.1, 0.15) is 11.6 Å². The summed E-state index contributed by atoms with van der Waals surface area (Å²) in [7, 11) is 0. The fraction of sp³-hybridized carbons (Fsp3) is 0.133. The quantitative estimate of drug-likeness (QED) is 0.734. The fourth-order valence-electron chi connectivity index (χ4n) is 1.66. The van der Waals surface area contributed by atoms with E-state index in [1.807, 2.05) is 0 Å². The lowest BCUT2D eigenvalue weighted by atomic mass is 10.2. The third kappa shape index (κ3) is 4.19. The summed E-state index contributed by atoms with van der Waals surface area (Å²) in [6.45, 7) is -0.284. The van der Waals surface area contributed by atoms with Gasteiger partial charge in [-0.05, 0) is 35.9 Å². The highest BCUT2D eigenvalue weighted by atomic mass is 19.1. The highest BCUT2D eigenvalue weighted by Crippen LogP contribution is 2.19. The minimum absolute atomic E-state index is 0.0559. The number of halogens is 1. The van der Waals surface area contributed by atoms with E-state index in [0.29, 0.717) is 5.75 Å². The molecule has 0 radical (unpaired) electrons. The van der Waals surface area contributed by atoms with Gasteiger partial charge < -0.3 is 20.9 Å². The Bertz CT molecular complexity index is 629. The molecule has 110 valence electrons. The molecule has 0 aliphatic rings. The van der Waals surface area contributed by atoms with Gasteiger partial charge in [-0.2, -0.15) is 0 Å². The van der Waals surface area contributed by atoms with Gasteiger partial charge in [-0.3, -0.25) is 4.79 Å². The van der Waals surface area contributed by atoms with Crippen LogP contribution in [0.2, 0.25) is 0 Å². The van der Waals surface area contributed by atoms with Crippen LogP contribution in [0.4, 0.5) is 15.8 Å². The van der Waals surface area contributed by atoms with Crippen molar-refractivity contribution in [3.63, 3.8) is 0 Å². The van der Waals surface area contributed by atoms with Crippen LogP contribution in [0, 0.1) is 5.82 Å². The summed E-state index contributed by atoms with van der Waals surface area (Å²) in [5, 5.41) is 11.4. The molecule has 2 aromatic carbocycles. The highest BCUT2D eigenvalue weighted by molar-refractivity contribution is 5.94. The SMILES string of the molecule is Nc1ccc(F)cc1NC(=O)COc1ccc(CO)cc1. The molecule has 21 heavy (non-hydrogen) atoms. The number of carbonyl (C=O) groups excluding carboxylic acids is 1. The van der Waals surface area contributed by atoms with Gasteiger partial charge in [0, 0.05) is 0 Å². The minimum Gasteiger partial charge on any atom is -0.484 e. The van der Waals surface area contributed by atoms with Crippen LogP contribution in [0.1, 0.15) is 5.56 Å². The van der Waals surface area contributed by atoms with Crippen LogP contribution >= 0.6 is 0 Å². The molecule has 5 nitrogen and oxygen atoms in total. The van der Waals surface area contributed by atoms with Gasteiger partial charge in [0.25, 0.3) is 5.91 Å². The molecule has 0 spiro atoms. The predicted octanol–water partition coefficient (Wildman–Crippen LogP) is 1.92. The molecule has 0 atom stereocenters. The Morgan fingerprint density at radius 1 is 1.24 bits per heavy atom. The highest BCUT2D eigenvalue weighted by Gasteiger charge is 2.07. The first-order valence-electron chi connectivity index (χ1n) is 6.26. The zero-order valence-corrected chi connectivity index (χ0v) is 11.2. The first kappa shape index (κ1) is 14.8. The van der Waals surface area contributed by atoms with Gasteiger partial charge >= 0.3 is 0 Å². The van der Waals surface area contributed by atoms with E-state index in [2.05, 4.69) is 5.32 Å². The maximum Gasteiger partial charge on any atom is 0.262 e. The number of benzene rings is 2. The van der Waals surface area contributed by atoms with Gasteiger partial charge in [0.15, 0.2) is 6.61 Å². The number of anilines is 2. The number of amides is 1. The third-order valence-electron chi connectivity index (χ3n) is 2.77. The second-order valence-electron chi connectivity index (χ2n) is 4.37. The van der Waals surface area contributed by atoms with E-state index in [0.717, 1.165) is 11.6 Å². The Hall–Kier alpha value is -2.60. The molecule has 0 bridgehead atoms. The molecule has 4 N–H and O–H groups in total. The summed E-state index contributed by atoms with van der Waals surface area (Å²) in [6.07, 6.45) is 0. The standard InChI is InChI=1S/C15H15FN2O3/c16-11-3-6-13(17)14(7-11)18-15(20)9-21-12-4-1-10(8-19)2-5-12/h1-7,19H,8-9,17H2,(H,18,20). The number of ether oxygens (including phenoxy) is 1. The van der Waals surface area contributed by atoms with Crippen molar-refractivity contribution in [2.24, 2.45) is 0 Å². The van der Waals surface area contributed by atoms with Gasteiger partial charge in [-0.1, -0.05) is 12.1 Å². The molecular weight excluding hydrogens is 275 g/mol. The van der Waals surface area contributed by atoms with Crippen molar-refractivity contribution in [1.82, 2.24) is 0 Å². The predicted molar refractivity (Wildman–Crippen MR) is 77.3 cm³/mol. The number of aliphatic hydroxyl groups excluding tert-OH is 1. The number of hydrogen-bond donors (Lipinski definition) is 3. The van der Waals surface area contributed by atoms with E-state index >= 15 is 0 Å². The number of nitrogen functional groups attached to an aromatic ring is 1. The first-order chi connectivity index (χ1) is 10.1. The second-order valence-corrected chi connectivity index (χ2v) is 4.37. The zero-order chi connectivity index (χ0) is 15.2. The van der Waals surface area contributed by atoms with E-state index in [9.17, 15) is 9.18 Å². The molecule has 0 aliphatic carbocycles. The van der Waals surface area contributed by atoms with Crippen LogP contribution in [-0.4, -0.2) is 17.6 Å². The van der Waals surface area contributed by atoms with Crippen molar-refractivity contribution in [2.45, 2.75) is 6.61 Å². The van der Waals surface area contributed by atoms with Gasteiger partial charge in [-0.25, -0.2) is 4.39 Å². The Balaban J connectivity index is 1.91. The third-order valence-corrected chi connectivity index (χ3v) is 2.77. The summed E-state index contributed by atoms with van der Waals surface area (Å²) >= 11 is 0. The summed E-state index contributed by atoms with van der Waals surface area (Å²) in [5.74, 6) is -0.437. The zero-order valence-electron chi connectivity index (χ0n) is 11.2. The molecule has 0 saturated carbocycles. The topological polar surface area (TPSA) is 84.6 Å². The molecule has 2 rings (SSSR count). The van der Waals surface area contributed by atoms with E-state index in [4.69, 9.17) is 15.6 Å². The maximum absolute atomic E-state index is 13.1. The second kappa shape index (κ2) is 6.71. The van der Waals surface area contributed by atoms with E-state index in [-0.39, 0.29) is 24.6 Å². The fourth-order valence-corrected chi connectivity index (χ4v) is 1.66. The van der Waals surface area contributed by atoms with Crippen molar-refractivity contribution >= 4 is 17.3 Å². The van der Waals surface area contributed by atoms with Gasteiger partial charge in [-0.15, -0.1) is 0 Å². The van der Waals surface area contributed by atoms with Crippen molar-refractivity contribution < 1.29 is 19.0 Å². The van der Waals surface area contributed by atoms with E-state index < -0.39 is 11.7 Å². The summed E-state index contributed by atoms with van der Waals surface area (Å²) in [4.78, 5) is 11.7. The molecule has 0 unspecified atom stereocenters. The normalized spacial score (nSPS) is 10.2. The van der Waals surface area contributed by atoms with Crippen molar-refractivity contribution in [1.29, 1.82) is 0 Å². The summed E-state index contributed by atoms with van der Waals surface area (Å²) in [5.41, 5.74) is 6.86. The molecule has 0 fully saturated rings. The lowest BCUT2D eigenvalue weighted by molar-refractivity contribution is -0.118. The minimum atomic E-state index is -0.486. The van der Waals surface area contributed by atoms with Crippen LogP contribution in [0.5, 0.6) is 5.75 Å². The summed E-state index contributed by atoms with van der Waals surface area (Å²) in [6, 6.07) is 10.4. The summed E-state index contributed by atoms with van der Waals surface area (Å²) < 4.78 is 18.3. The Kier molecular flexibility index (Phi) is 4.73. The lowest BCUT2D eigenvalue weighted by Gasteiger charge is -2.09. The first-order valence-corrected chi connectivity index (χ1v) is 6.26. The number of carbonyl (C=O) groups is 1. The number of aliphatic hydroxyl groups is 1. The van der Waals surface area contributed by atoms with Gasteiger partial charge in [0.05, 0.1) is 18.0 Å².